The van der Waals surface area contributed by atoms with Crippen LogP contribution in [0.4, 0.5) is 4.39 Å². The molecule has 0 aliphatic rings. The second-order valence-corrected chi connectivity index (χ2v) is 9.58. The average Bonchev–Trinajstić information content (AvgIpc) is 2.83. The molecule has 0 aliphatic heterocycles. The number of aromatic nitrogens is 4. The van der Waals surface area contributed by atoms with Crippen molar-refractivity contribution in [1.29, 1.82) is 0 Å². The summed E-state index contributed by atoms with van der Waals surface area (Å²) in [5.41, 5.74) is 5.15. The first-order valence-corrected chi connectivity index (χ1v) is 12.0. The van der Waals surface area contributed by atoms with Crippen molar-refractivity contribution in [2.75, 3.05) is 0 Å². The summed E-state index contributed by atoms with van der Waals surface area (Å²) in [6.45, 7) is 10.0. The summed E-state index contributed by atoms with van der Waals surface area (Å²) < 4.78 is 21.0. The van der Waals surface area contributed by atoms with Gasteiger partial charge in [-0.25, -0.2) is 14.4 Å². The highest BCUT2D eigenvalue weighted by molar-refractivity contribution is 9.10. The van der Waals surface area contributed by atoms with Crippen molar-refractivity contribution in [1.82, 2.24) is 19.5 Å². The van der Waals surface area contributed by atoms with Gasteiger partial charge in [0, 0.05) is 30.1 Å². The van der Waals surface area contributed by atoms with Crippen molar-refractivity contribution in [2.24, 2.45) is 0 Å². The average molecular weight is 537 g/mol. The zero-order valence-corrected chi connectivity index (χ0v) is 21.9. The Hall–Kier alpha value is -3.39. The molecule has 0 saturated carbocycles. The monoisotopic (exact) mass is 536 g/mol. The van der Waals surface area contributed by atoms with Gasteiger partial charge in [0.2, 0.25) is 0 Å². The first-order valence-electron chi connectivity index (χ1n) is 11.3. The molecule has 0 amide bonds. The second-order valence-electron chi connectivity index (χ2n) is 8.79. The third kappa shape index (κ3) is 5.17. The van der Waals surface area contributed by atoms with Gasteiger partial charge in [0.1, 0.15) is 28.5 Å². The fraction of sp³-hybridized carbons (Fsp3) is 0.259. The zero-order chi connectivity index (χ0) is 25.3. The van der Waals surface area contributed by atoms with Gasteiger partial charge in [-0.3, -0.25) is 14.3 Å². The lowest BCUT2D eigenvalue weighted by Gasteiger charge is -2.17. The Balaban J connectivity index is 1.74. The first kappa shape index (κ1) is 24.7. The topological polar surface area (TPSA) is 69.9 Å². The smallest absolute Gasteiger partial charge is 0.273 e. The lowest BCUT2D eigenvalue weighted by Crippen LogP contribution is -2.23. The third-order valence-electron chi connectivity index (χ3n) is 5.67. The van der Waals surface area contributed by atoms with E-state index >= 15 is 0 Å². The van der Waals surface area contributed by atoms with E-state index in [1.165, 1.54) is 12.1 Å². The minimum atomic E-state index is -0.307. The Kier molecular flexibility index (Phi) is 7.12. The van der Waals surface area contributed by atoms with Crippen molar-refractivity contribution in [3.63, 3.8) is 0 Å². The van der Waals surface area contributed by atoms with E-state index < -0.39 is 0 Å². The molecule has 4 aromatic rings. The number of benzene rings is 1. The van der Waals surface area contributed by atoms with Crippen LogP contribution in [0.2, 0.25) is 0 Å². The predicted octanol–water partition coefficient (Wildman–Crippen LogP) is 6.22. The lowest BCUT2D eigenvalue weighted by atomic mass is 10.1. The standard InChI is InChI=1S/C27H26BrFN4O2/c1-15(2)26-31-13-17(4)25(32-26)21-11-22(16(3)12-30-21)33-18(5)10-23(24(28)27(33)34)35-14-19-6-8-20(29)9-7-19/h6-13,15H,14H2,1-5H3. The number of hydrogen-bond acceptors (Lipinski definition) is 5. The van der Waals surface area contributed by atoms with Gasteiger partial charge in [0.25, 0.3) is 5.56 Å². The molecule has 1 aromatic carbocycles. The molecule has 4 rings (SSSR count). The molecule has 0 aliphatic carbocycles. The Morgan fingerprint density at radius 2 is 1.71 bits per heavy atom. The number of halogens is 2. The van der Waals surface area contributed by atoms with E-state index in [-0.39, 0.29) is 23.9 Å². The van der Waals surface area contributed by atoms with Gasteiger partial charge < -0.3 is 4.74 Å². The van der Waals surface area contributed by atoms with E-state index in [1.54, 1.807) is 35.2 Å². The Morgan fingerprint density at radius 1 is 1.03 bits per heavy atom. The second kappa shape index (κ2) is 10.1. The van der Waals surface area contributed by atoms with Crippen LogP contribution in [0.15, 0.2) is 58.1 Å². The molecule has 0 N–H and O–H groups in total. The van der Waals surface area contributed by atoms with Crippen molar-refractivity contribution >= 4 is 15.9 Å². The van der Waals surface area contributed by atoms with Crippen LogP contribution >= 0.6 is 15.9 Å². The molecule has 3 heterocycles. The molecule has 35 heavy (non-hydrogen) atoms. The van der Waals surface area contributed by atoms with Crippen LogP contribution in [-0.2, 0) is 6.61 Å². The molecule has 6 nitrogen and oxygen atoms in total. The van der Waals surface area contributed by atoms with Crippen molar-refractivity contribution < 1.29 is 9.13 Å². The molecule has 0 bridgehead atoms. The maximum Gasteiger partial charge on any atom is 0.273 e. The van der Waals surface area contributed by atoms with Gasteiger partial charge in [-0.2, -0.15) is 0 Å². The fourth-order valence-corrected chi connectivity index (χ4v) is 4.11. The van der Waals surface area contributed by atoms with Gasteiger partial charge in [-0.15, -0.1) is 0 Å². The minimum Gasteiger partial charge on any atom is -0.487 e. The van der Waals surface area contributed by atoms with Crippen LogP contribution in [0.3, 0.4) is 0 Å². The zero-order valence-electron chi connectivity index (χ0n) is 20.3. The highest BCUT2D eigenvalue weighted by atomic mass is 79.9. The summed E-state index contributed by atoms with van der Waals surface area (Å²) in [6, 6.07) is 9.75. The number of hydrogen-bond donors (Lipinski definition) is 0. The van der Waals surface area contributed by atoms with E-state index in [2.05, 4.69) is 25.9 Å². The van der Waals surface area contributed by atoms with E-state index in [1.807, 2.05) is 40.7 Å². The molecule has 0 spiro atoms. The molecule has 0 radical (unpaired) electrons. The van der Waals surface area contributed by atoms with Crippen LogP contribution in [0.1, 0.15) is 48.0 Å². The van der Waals surface area contributed by atoms with E-state index in [9.17, 15) is 9.18 Å². The number of nitrogens with zero attached hydrogens (tertiary/aromatic N) is 4. The van der Waals surface area contributed by atoms with Crippen molar-refractivity contribution in [3.8, 4) is 22.8 Å². The summed E-state index contributed by atoms with van der Waals surface area (Å²) in [4.78, 5) is 27.2. The van der Waals surface area contributed by atoms with Crippen LogP contribution in [0, 0.1) is 26.6 Å². The summed E-state index contributed by atoms with van der Waals surface area (Å²) in [5.74, 6) is 1.04. The summed E-state index contributed by atoms with van der Waals surface area (Å²) in [5, 5.41) is 0. The Morgan fingerprint density at radius 3 is 2.40 bits per heavy atom. The maximum absolute atomic E-state index is 13.4. The van der Waals surface area contributed by atoms with Crippen molar-refractivity contribution in [2.45, 2.75) is 47.1 Å². The molecular weight excluding hydrogens is 511 g/mol. The quantitative estimate of drug-likeness (QED) is 0.292. The van der Waals surface area contributed by atoms with Gasteiger partial charge >= 0.3 is 0 Å². The maximum atomic E-state index is 13.4. The number of ether oxygens (including phenoxy) is 1. The van der Waals surface area contributed by atoms with E-state index in [0.717, 1.165) is 28.2 Å². The highest BCUT2D eigenvalue weighted by Gasteiger charge is 2.18. The highest BCUT2D eigenvalue weighted by Crippen LogP contribution is 2.28. The summed E-state index contributed by atoms with van der Waals surface area (Å²) in [7, 11) is 0. The Bertz CT molecular complexity index is 1450. The van der Waals surface area contributed by atoms with Crippen LogP contribution in [0.5, 0.6) is 5.75 Å². The van der Waals surface area contributed by atoms with Crippen LogP contribution in [-0.4, -0.2) is 19.5 Å². The summed E-state index contributed by atoms with van der Waals surface area (Å²) in [6.07, 6.45) is 3.56. The van der Waals surface area contributed by atoms with Gasteiger partial charge in [-0.05, 0) is 71.6 Å². The first-order chi connectivity index (χ1) is 16.7. The Labute approximate surface area is 212 Å². The number of aryl methyl sites for hydroxylation is 3. The van der Waals surface area contributed by atoms with Crippen molar-refractivity contribution in [3.05, 3.63) is 97.6 Å². The molecule has 0 unspecified atom stereocenters. The van der Waals surface area contributed by atoms with Gasteiger partial charge in [0.05, 0.1) is 17.1 Å². The molecule has 0 atom stereocenters. The lowest BCUT2D eigenvalue weighted by molar-refractivity contribution is 0.302. The molecule has 8 heteroatoms. The minimum absolute atomic E-state index is 0.183. The molecule has 0 fully saturated rings. The van der Waals surface area contributed by atoms with Gasteiger partial charge in [0.15, 0.2) is 0 Å². The number of pyridine rings is 2. The molecular formula is C27H26BrFN4O2. The largest absolute Gasteiger partial charge is 0.487 e. The SMILES string of the molecule is Cc1cnc(-c2nc(C(C)C)ncc2C)cc1-n1c(C)cc(OCc2ccc(F)cc2)c(Br)c1=O. The summed E-state index contributed by atoms with van der Waals surface area (Å²) >= 11 is 3.42. The van der Waals surface area contributed by atoms with Gasteiger partial charge in [-0.1, -0.05) is 26.0 Å². The van der Waals surface area contributed by atoms with Crippen LogP contribution in [0.25, 0.3) is 17.1 Å². The third-order valence-corrected chi connectivity index (χ3v) is 6.40. The predicted molar refractivity (Wildman–Crippen MR) is 138 cm³/mol. The molecule has 180 valence electrons. The van der Waals surface area contributed by atoms with Crippen LogP contribution < -0.4 is 10.3 Å². The van der Waals surface area contributed by atoms with E-state index in [0.29, 0.717) is 27.3 Å². The molecule has 3 aromatic heterocycles. The van der Waals surface area contributed by atoms with E-state index in [4.69, 9.17) is 9.72 Å². The number of rotatable bonds is 6. The normalized spacial score (nSPS) is 11.2. The molecule has 0 saturated heterocycles. The fourth-order valence-electron chi connectivity index (χ4n) is 3.70.